The predicted molar refractivity (Wildman–Crippen MR) is 70.6 cm³/mol. The van der Waals surface area contributed by atoms with Gasteiger partial charge in [-0.3, -0.25) is 0 Å². The highest BCUT2D eigenvalue weighted by atomic mass is 32.2. The van der Waals surface area contributed by atoms with Crippen LogP contribution in [0, 0.1) is 5.82 Å². The van der Waals surface area contributed by atoms with Crippen LogP contribution in [-0.2, 0) is 9.84 Å². The summed E-state index contributed by atoms with van der Waals surface area (Å²) in [5.41, 5.74) is 4.86. The van der Waals surface area contributed by atoms with E-state index in [0.717, 1.165) is 12.1 Å². The highest BCUT2D eigenvalue weighted by Gasteiger charge is 2.14. The van der Waals surface area contributed by atoms with Gasteiger partial charge in [0.2, 0.25) is 0 Å². The van der Waals surface area contributed by atoms with Crippen LogP contribution in [0.4, 0.5) is 15.8 Å². The number of carboxylic acid groups (broad SMARTS) is 1. The van der Waals surface area contributed by atoms with Gasteiger partial charge in [-0.15, -0.1) is 0 Å². The summed E-state index contributed by atoms with van der Waals surface area (Å²) in [4.78, 5) is 10.8. The summed E-state index contributed by atoms with van der Waals surface area (Å²) in [6.45, 7) is 1.51. The number of nitrogens with two attached hydrogens (primary N) is 1. The monoisotopic (exact) mass is 290 g/mol. The van der Waals surface area contributed by atoms with Crippen molar-refractivity contribution in [3.05, 3.63) is 23.5 Å². The molecular formula is C11H15FN2O4S. The van der Waals surface area contributed by atoms with Gasteiger partial charge in [0.15, 0.2) is 9.84 Å². The van der Waals surface area contributed by atoms with E-state index < -0.39 is 21.6 Å². The van der Waals surface area contributed by atoms with Gasteiger partial charge in [-0.2, -0.15) is 0 Å². The van der Waals surface area contributed by atoms with Crippen LogP contribution in [0.1, 0.15) is 17.3 Å². The minimum absolute atomic E-state index is 0.000718. The van der Waals surface area contributed by atoms with Crippen LogP contribution >= 0.6 is 0 Å². The number of rotatable bonds is 6. The molecule has 0 saturated carbocycles. The predicted octanol–water partition coefficient (Wildman–Crippen LogP) is 0.953. The number of aromatic carboxylic acids is 1. The Kier molecular flexibility index (Phi) is 4.71. The molecule has 0 amide bonds. The minimum Gasteiger partial charge on any atom is -0.478 e. The van der Waals surface area contributed by atoms with Crippen LogP contribution in [0.15, 0.2) is 12.1 Å². The molecule has 0 saturated heterocycles. The summed E-state index contributed by atoms with van der Waals surface area (Å²) in [5, 5.41) is 11.4. The molecule has 0 aliphatic carbocycles. The lowest BCUT2D eigenvalue weighted by Gasteiger charge is -2.10. The maximum atomic E-state index is 13.5. The number of benzene rings is 1. The summed E-state index contributed by atoms with van der Waals surface area (Å²) >= 11 is 0. The number of anilines is 2. The lowest BCUT2D eigenvalue weighted by molar-refractivity contribution is 0.0698. The van der Waals surface area contributed by atoms with E-state index in [4.69, 9.17) is 10.8 Å². The van der Waals surface area contributed by atoms with Gasteiger partial charge in [-0.05, 0) is 12.1 Å². The summed E-state index contributed by atoms with van der Waals surface area (Å²) in [7, 11) is -3.16. The molecule has 0 aliphatic rings. The second kappa shape index (κ2) is 5.87. The molecule has 0 spiro atoms. The van der Waals surface area contributed by atoms with Crippen LogP contribution in [-0.4, -0.2) is 37.5 Å². The molecule has 1 aromatic carbocycles. The molecule has 0 radical (unpaired) electrons. The number of carbonyl (C=O) groups is 1. The summed E-state index contributed by atoms with van der Waals surface area (Å²) < 4.78 is 36.0. The van der Waals surface area contributed by atoms with Crippen LogP contribution < -0.4 is 11.1 Å². The van der Waals surface area contributed by atoms with Gasteiger partial charge >= 0.3 is 5.97 Å². The van der Waals surface area contributed by atoms with Gasteiger partial charge in [0.25, 0.3) is 0 Å². The third-order valence-corrected chi connectivity index (χ3v) is 4.24. The van der Waals surface area contributed by atoms with E-state index in [0.29, 0.717) is 0 Å². The SMILES string of the molecule is CCS(=O)(=O)CCNc1cc(C(=O)O)c(N)cc1F. The Labute approximate surface area is 110 Å². The summed E-state index contributed by atoms with van der Waals surface area (Å²) in [6, 6.07) is 1.94. The second-order valence-corrected chi connectivity index (χ2v) is 6.36. The van der Waals surface area contributed by atoms with E-state index in [2.05, 4.69) is 5.32 Å². The Bertz CT molecular complexity index is 587. The van der Waals surface area contributed by atoms with Gasteiger partial charge in [-0.25, -0.2) is 17.6 Å². The molecule has 4 N–H and O–H groups in total. The van der Waals surface area contributed by atoms with Crippen molar-refractivity contribution in [2.75, 3.05) is 29.1 Å². The summed E-state index contributed by atoms with van der Waals surface area (Å²) in [5.74, 6) is -2.16. The summed E-state index contributed by atoms with van der Waals surface area (Å²) in [6.07, 6.45) is 0. The van der Waals surface area contributed by atoms with Crippen molar-refractivity contribution in [3.63, 3.8) is 0 Å². The lowest BCUT2D eigenvalue weighted by atomic mass is 10.1. The Morgan fingerprint density at radius 3 is 2.63 bits per heavy atom. The zero-order valence-corrected chi connectivity index (χ0v) is 11.1. The van der Waals surface area contributed by atoms with Gasteiger partial charge in [0, 0.05) is 18.0 Å². The van der Waals surface area contributed by atoms with E-state index in [1.54, 1.807) is 0 Å². The maximum absolute atomic E-state index is 13.5. The number of hydrogen-bond acceptors (Lipinski definition) is 5. The number of sulfone groups is 1. The first-order valence-electron chi connectivity index (χ1n) is 5.53. The molecule has 0 atom stereocenters. The number of carboxylic acids is 1. The highest BCUT2D eigenvalue weighted by molar-refractivity contribution is 7.91. The Morgan fingerprint density at radius 2 is 2.11 bits per heavy atom. The molecule has 8 heteroatoms. The van der Waals surface area contributed by atoms with E-state index in [1.165, 1.54) is 6.92 Å². The van der Waals surface area contributed by atoms with E-state index in [-0.39, 0.29) is 35.0 Å². The molecule has 19 heavy (non-hydrogen) atoms. The van der Waals surface area contributed by atoms with Crippen molar-refractivity contribution in [3.8, 4) is 0 Å². The van der Waals surface area contributed by atoms with E-state index >= 15 is 0 Å². The van der Waals surface area contributed by atoms with Crippen molar-refractivity contribution in [1.82, 2.24) is 0 Å². The van der Waals surface area contributed by atoms with Crippen molar-refractivity contribution in [2.24, 2.45) is 0 Å². The van der Waals surface area contributed by atoms with Gasteiger partial charge in [0.1, 0.15) is 5.82 Å². The van der Waals surface area contributed by atoms with Gasteiger partial charge in [-0.1, -0.05) is 6.92 Å². The quantitative estimate of drug-likeness (QED) is 0.673. The Morgan fingerprint density at radius 1 is 1.47 bits per heavy atom. The number of hydrogen-bond donors (Lipinski definition) is 3. The van der Waals surface area contributed by atoms with Crippen molar-refractivity contribution < 1.29 is 22.7 Å². The van der Waals surface area contributed by atoms with Crippen molar-refractivity contribution in [2.45, 2.75) is 6.92 Å². The topological polar surface area (TPSA) is 109 Å². The zero-order chi connectivity index (χ0) is 14.6. The Hall–Kier alpha value is -1.83. The normalized spacial score (nSPS) is 11.3. The first-order chi connectivity index (χ1) is 8.76. The van der Waals surface area contributed by atoms with E-state index in [1.807, 2.05) is 0 Å². The van der Waals surface area contributed by atoms with E-state index in [9.17, 15) is 17.6 Å². The third-order valence-electron chi connectivity index (χ3n) is 2.54. The molecule has 106 valence electrons. The fourth-order valence-corrected chi connectivity index (χ4v) is 2.10. The molecule has 1 rings (SSSR count). The minimum atomic E-state index is -3.16. The molecule has 0 unspecified atom stereocenters. The standard InChI is InChI=1S/C11H15FN2O4S/c1-2-19(17,18)4-3-14-10-5-7(11(15)16)9(13)6-8(10)12/h5-6,14H,2-4,13H2,1H3,(H,15,16). The fraction of sp³-hybridized carbons (Fsp3) is 0.364. The van der Waals surface area contributed by atoms with Crippen LogP contribution in [0.3, 0.4) is 0 Å². The first kappa shape index (κ1) is 15.2. The maximum Gasteiger partial charge on any atom is 0.337 e. The number of nitrogens with one attached hydrogen (secondary N) is 1. The highest BCUT2D eigenvalue weighted by Crippen LogP contribution is 2.22. The second-order valence-electron chi connectivity index (χ2n) is 3.89. The van der Waals surface area contributed by atoms with Crippen LogP contribution in [0.5, 0.6) is 0 Å². The third kappa shape index (κ3) is 4.09. The molecule has 0 aliphatic heterocycles. The van der Waals surface area contributed by atoms with Crippen LogP contribution in [0.2, 0.25) is 0 Å². The lowest BCUT2D eigenvalue weighted by Crippen LogP contribution is -2.18. The smallest absolute Gasteiger partial charge is 0.337 e. The molecule has 0 fully saturated rings. The molecule has 6 nitrogen and oxygen atoms in total. The molecule has 1 aromatic rings. The molecule has 0 aromatic heterocycles. The average Bonchev–Trinajstić information content (AvgIpc) is 2.31. The van der Waals surface area contributed by atoms with Gasteiger partial charge in [0.05, 0.1) is 17.0 Å². The van der Waals surface area contributed by atoms with Crippen molar-refractivity contribution in [1.29, 1.82) is 0 Å². The van der Waals surface area contributed by atoms with Crippen LogP contribution in [0.25, 0.3) is 0 Å². The fourth-order valence-electron chi connectivity index (χ4n) is 1.39. The molecular weight excluding hydrogens is 275 g/mol. The Balaban J connectivity index is 2.85. The zero-order valence-electron chi connectivity index (χ0n) is 10.3. The molecule has 0 bridgehead atoms. The number of nitrogen functional groups attached to an aromatic ring is 1. The largest absolute Gasteiger partial charge is 0.478 e. The van der Waals surface area contributed by atoms with Crippen molar-refractivity contribution >= 4 is 27.2 Å². The number of halogens is 1. The average molecular weight is 290 g/mol. The molecule has 0 heterocycles. The first-order valence-corrected chi connectivity index (χ1v) is 7.35. The van der Waals surface area contributed by atoms with Gasteiger partial charge < -0.3 is 16.2 Å².